The molecule has 3 N–H and O–H groups in total. The molecule has 8 nitrogen and oxygen atoms in total. The molecule has 1 aliphatic heterocycles. The second-order valence-electron chi connectivity index (χ2n) is 5.61. The van der Waals surface area contributed by atoms with E-state index in [1.165, 1.54) is 16.7 Å². The molecule has 1 rings (SSSR count). The fraction of sp³-hybridized carbons (Fsp3) is 0.818. The summed E-state index contributed by atoms with van der Waals surface area (Å²) in [6.07, 6.45) is 1.04. The molecule has 1 fully saturated rings. The molecule has 10 heteroatoms. The van der Waals surface area contributed by atoms with Gasteiger partial charge >= 0.3 is 12.0 Å². The highest BCUT2D eigenvalue weighted by Gasteiger charge is 2.39. The molecule has 1 heterocycles. The van der Waals surface area contributed by atoms with Crippen molar-refractivity contribution in [2.24, 2.45) is 0 Å². The lowest BCUT2D eigenvalue weighted by Gasteiger charge is -2.29. The molecule has 21 heavy (non-hydrogen) atoms. The maximum Gasteiger partial charge on any atom is 0.327 e. The molecular formula is C11H21N3O5S2. The Morgan fingerprint density at radius 1 is 1.43 bits per heavy atom. The van der Waals surface area contributed by atoms with Crippen molar-refractivity contribution >= 4 is 33.8 Å². The Bertz CT molecular complexity index is 520. The average Bonchev–Trinajstić information content (AvgIpc) is 2.65. The molecule has 0 spiro atoms. The van der Waals surface area contributed by atoms with E-state index < -0.39 is 33.6 Å². The molecule has 0 aromatic heterocycles. The van der Waals surface area contributed by atoms with Gasteiger partial charge in [0.1, 0.15) is 6.04 Å². The number of carbonyl (C=O) groups is 2. The predicted molar refractivity (Wildman–Crippen MR) is 80.6 cm³/mol. The maximum atomic E-state index is 12.1. The van der Waals surface area contributed by atoms with Gasteiger partial charge in [-0.05, 0) is 20.8 Å². The highest BCUT2D eigenvalue weighted by molar-refractivity contribution is 8.00. The molecule has 2 atom stereocenters. The Kier molecular flexibility index (Phi) is 5.51. The summed E-state index contributed by atoms with van der Waals surface area (Å²) in [6.45, 7) is 5.07. The second kappa shape index (κ2) is 6.41. The summed E-state index contributed by atoms with van der Waals surface area (Å²) in [5, 5.41) is 11.5. The van der Waals surface area contributed by atoms with E-state index in [4.69, 9.17) is 5.11 Å². The van der Waals surface area contributed by atoms with Gasteiger partial charge in [-0.2, -0.15) is 0 Å². The minimum absolute atomic E-state index is 0.0547. The SMILES string of the molecule is CC1SCC(C(=O)O)N1C(=O)NCC(C)(C)NS(C)(=O)=O. The van der Waals surface area contributed by atoms with Crippen LogP contribution in [-0.4, -0.2) is 65.9 Å². The van der Waals surface area contributed by atoms with Gasteiger partial charge in [0.15, 0.2) is 0 Å². The Morgan fingerprint density at radius 2 is 2.00 bits per heavy atom. The molecular weight excluding hydrogens is 318 g/mol. The number of carboxylic acid groups (broad SMARTS) is 1. The van der Waals surface area contributed by atoms with Gasteiger partial charge in [-0.15, -0.1) is 11.8 Å². The van der Waals surface area contributed by atoms with Crippen LogP contribution in [0.25, 0.3) is 0 Å². The van der Waals surface area contributed by atoms with Crippen LogP contribution in [0, 0.1) is 0 Å². The smallest absolute Gasteiger partial charge is 0.327 e. The predicted octanol–water partition coefficient (Wildman–Crippen LogP) is -0.128. The normalized spacial score (nSPS) is 23.1. The van der Waals surface area contributed by atoms with Crippen LogP contribution in [0.5, 0.6) is 0 Å². The molecule has 0 aliphatic carbocycles. The van der Waals surface area contributed by atoms with E-state index in [1.54, 1.807) is 20.8 Å². The third kappa shape index (κ3) is 5.36. The van der Waals surface area contributed by atoms with E-state index in [2.05, 4.69) is 10.0 Å². The van der Waals surface area contributed by atoms with Crippen molar-refractivity contribution < 1.29 is 23.1 Å². The minimum Gasteiger partial charge on any atom is -0.480 e. The van der Waals surface area contributed by atoms with E-state index in [1.807, 2.05) is 0 Å². The average molecular weight is 339 g/mol. The van der Waals surface area contributed by atoms with Crippen molar-refractivity contribution in [3.05, 3.63) is 0 Å². The van der Waals surface area contributed by atoms with Crippen LogP contribution >= 0.6 is 11.8 Å². The molecule has 0 radical (unpaired) electrons. The Morgan fingerprint density at radius 3 is 2.48 bits per heavy atom. The third-order valence-corrected chi connectivity index (χ3v) is 5.03. The lowest BCUT2D eigenvalue weighted by Crippen LogP contribution is -2.55. The first-order chi connectivity index (χ1) is 9.43. The summed E-state index contributed by atoms with van der Waals surface area (Å²) in [7, 11) is -3.40. The van der Waals surface area contributed by atoms with Gasteiger partial charge in [-0.25, -0.2) is 22.7 Å². The van der Waals surface area contributed by atoms with Gasteiger partial charge in [0, 0.05) is 17.8 Å². The number of thioether (sulfide) groups is 1. The van der Waals surface area contributed by atoms with Crippen molar-refractivity contribution in [3.8, 4) is 0 Å². The first-order valence-corrected chi connectivity index (χ1v) is 9.26. The molecule has 2 amide bonds. The molecule has 0 saturated carbocycles. The molecule has 0 aromatic carbocycles. The van der Waals surface area contributed by atoms with Crippen LogP contribution in [-0.2, 0) is 14.8 Å². The zero-order chi connectivity index (χ0) is 16.4. The van der Waals surface area contributed by atoms with Crippen LogP contribution in [0.15, 0.2) is 0 Å². The second-order valence-corrected chi connectivity index (χ2v) is 8.71. The number of nitrogens with one attached hydrogen (secondary N) is 2. The number of amides is 2. The molecule has 1 aliphatic rings. The van der Waals surface area contributed by atoms with E-state index in [9.17, 15) is 18.0 Å². The largest absolute Gasteiger partial charge is 0.480 e. The molecule has 122 valence electrons. The highest BCUT2D eigenvalue weighted by atomic mass is 32.2. The van der Waals surface area contributed by atoms with Crippen molar-refractivity contribution in [2.75, 3.05) is 18.6 Å². The monoisotopic (exact) mass is 339 g/mol. The van der Waals surface area contributed by atoms with Crippen LogP contribution in [0.1, 0.15) is 20.8 Å². The summed E-state index contributed by atoms with van der Waals surface area (Å²) in [5.74, 6) is -0.704. The lowest BCUT2D eigenvalue weighted by molar-refractivity contribution is -0.141. The number of urea groups is 1. The zero-order valence-electron chi connectivity index (χ0n) is 12.4. The maximum absolute atomic E-state index is 12.1. The Labute approximate surface area is 128 Å². The highest BCUT2D eigenvalue weighted by Crippen LogP contribution is 2.28. The molecule has 0 bridgehead atoms. The third-order valence-electron chi connectivity index (χ3n) is 2.89. The van der Waals surface area contributed by atoms with Crippen LogP contribution in [0.4, 0.5) is 4.79 Å². The fourth-order valence-electron chi connectivity index (χ4n) is 2.07. The number of hydrogen-bond donors (Lipinski definition) is 3. The first kappa shape index (κ1) is 18.1. The Balaban J connectivity index is 2.66. The first-order valence-electron chi connectivity index (χ1n) is 6.32. The number of rotatable bonds is 5. The Hall–Kier alpha value is -1.00. The number of nitrogens with zero attached hydrogens (tertiary/aromatic N) is 1. The number of hydrogen-bond acceptors (Lipinski definition) is 5. The van der Waals surface area contributed by atoms with Gasteiger partial charge in [-0.1, -0.05) is 0 Å². The topological polar surface area (TPSA) is 116 Å². The van der Waals surface area contributed by atoms with E-state index in [0.29, 0.717) is 5.75 Å². The number of aliphatic carboxylic acids is 1. The van der Waals surface area contributed by atoms with Crippen molar-refractivity contribution in [1.29, 1.82) is 0 Å². The zero-order valence-corrected chi connectivity index (χ0v) is 14.0. The summed E-state index contributed by atoms with van der Waals surface area (Å²) in [4.78, 5) is 24.5. The number of sulfonamides is 1. The number of carbonyl (C=O) groups excluding carboxylic acids is 1. The molecule has 0 aromatic rings. The minimum atomic E-state index is -3.40. The van der Waals surface area contributed by atoms with E-state index in [-0.39, 0.29) is 11.9 Å². The van der Waals surface area contributed by atoms with Gasteiger partial charge in [0.2, 0.25) is 10.0 Å². The standard InChI is InChI=1S/C11H21N3O5S2/c1-7-14(8(5-20-7)9(15)16)10(17)12-6-11(2,3)13-21(4,18)19/h7-8,13H,5-6H2,1-4H3,(H,12,17)(H,15,16). The van der Waals surface area contributed by atoms with Gasteiger partial charge in [0.05, 0.1) is 11.6 Å². The quantitative estimate of drug-likeness (QED) is 0.643. The number of carboxylic acids is 1. The van der Waals surface area contributed by atoms with Crippen molar-refractivity contribution in [3.63, 3.8) is 0 Å². The van der Waals surface area contributed by atoms with Gasteiger partial charge < -0.3 is 10.4 Å². The van der Waals surface area contributed by atoms with E-state index in [0.717, 1.165) is 6.26 Å². The van der Waals surface area contributed by atoms with Crippen molar-refractivity contribution in [2.45, 2.75) is 37.7 Å². The molecule has 1 saturated heterocycles. The summed E-state index contributed by atoms with van der Waals surface area (Å²) in [6, 6.07) is -1.38. The van der Waals surface area contributed by atoms with E-state index >= 15 is 0 Å². The van der Waals surface area contributed by atoms with Crippen molar-refractivity contribution in [1.82, 2.24) is 14.9 Å². The van der Waals surface area contributed by atoms with Gasteiger partial charge in [0.25, 0.3) is 0 Å². The van der Waals surface area contributed by atoms with Crippen LogP contribution in [0.3, 0.4) is 0 Å². The van der Waals surface area contributed by atoms with Crippen LogP contribution in [0.2, 0.25) is 0 Å². The van der Waals surface area contributed by atoms with Gasteiger partial charge in [-0.3, -0.25) is 4.90 Å². The lowest BCUT2D eigenvalue weighted by atomic mass is 10.1. The van der Waals surface area contributed by atoms with Crippen LogP contribution < -0.4 is 10.0 Å². The summed E-state index contributed by atoms with van der Waals surface area (Å²) >= 11 is 1.39. The summed E-state index contributed by atoms with van der Waals surface area (Å²) < 4.78 is 24.9. The molecule has 2 unspecified atom stereocenters. The summed E-state index contributed by atoms with van der Waals surface area (Å²) in [5.41, 5.74) is -0.863. The fourth-order valence-corrected chi connectivity index (χ4v) is 4.31.